The number of carboxylic acid groups (broad SMARTS) is 1. The summed E-state index contributed by atoms with van der Waals surface area (Å²) in [6, 6.07) is 14.8. The van der Waals surface area contributed by atoms with Gasteiger partial charge in [-0.3, -0.25) is 0 Å². The number of hydrogen-bond donors (Lipinski definition) is 1. The van der Waals surface area contributed by atoms with E-state index in [1.807, 2.05) is 36.4 Å². The van der Waals surface area contributed by atoms with Gasteiger partial charge in [0.25, 0.3) is 0 Å². The minimum absolute atomic E-state index is 0.0492. The first-order chi connectivity index (χ1) is 9.67. The monoisotopic (exact) mass is 268 g/mol. The SMILES string of the molecule is COc1ccc(-c2ccc3oc(C(=O)O)cc3c2)cc1. The lowest BCUT2D eigenvalue weighted by atomic mass is 10.0. The van der Waals surface area contributed by atoms with E-state index in [1.165, 1.54) is 6.07 Å². The predicted molar refractivity (Wildman–Crippen MR) is 75.2 cm³/mol. The van der Waals surface area contributed by atoms with Gasteiger partial charge in [-0.25, -0.2) is 4.79 Å². The maximum Gasteiger partial charge on any atom is 0.371 e. The fraction of sp³-hybridized carbons (Fsp3) is 0.0625. The lowest BCUT2D eigenvalue weighted by Gasteiger charge is -2.03. The molecule has 0 aliphatic heterocycles. The van der Waals surface area contributed by atoms with Gasteiger partial charge in [0.1, 0.15) is 11.3 Å². The normalized spacial score (nSPS) is 10.7. The van der Waals surface area contributed by atoms with Crippen LogP contribution in [0.2, 0.25) is 0 Å². The molecule has 0 saturated heterocycles. The van der Waals surface area contributed by atoms with Crippen molar-refractivity contribution in [2.24, 2.45) is 0 Å². The van der Waals surface area contributed by atoms with Gasteiger partial charge in [-0.05, 0) is 41.5 Å². The second kappa shape index (κ2) is 4.74. The Balaban J connectivity index is 2.04. The molecule has 3 rings (SSSR count). The van der Waals surface area contributed by atoms with Gasteiger partial charge >= 0.3 is 5.97 Å². The van der Waals surface area contributed by atoms with E-state index in [0.717, 1.165) is 22.3 Å². The molecule has 20 heavy (non-hydrogen) atoms. The van der Waals surface area contributed by atoms with Crippen LogP contribution in [0.1, 0.15) is 10.6 Å². The molecule has 0 amide bonds. The molecule has 0 saturated carbocycles. The highest BCUT2D eigenvalue weighted by Crippen LogP contribution is 2.27. The molecular weight excluding hydrogens is 256 g/mol. The molecule has 4 heteroatoms. The molecule has 3 aromatic rings. The smallest absolute Gasteiger partial charge is 0.371 e. The van der Waals surface area contributed by atoms with Gasteiger partial charge in [0.2, 0.25) is 5.76 Å². The molecule has 0 radical (unpaired) electrons. The van der Waals surface area contributed by atoms with Crippen LogP contribution in [0.5, 0.6) is 5.75 Å². The maximum absolute atomic E-state index is 10.9. The highest BCUT2D eigenvalue weighted by atomic mass is 16.5. The lowest BCUT2D eigenvalue weighted by Crippen LogP contribution is -1.91. The van der Waals surface area contributed by atoms with Crippen molar-refractivity contribution < 1.29 is 19.1 Å². The molecular formula is C16H12O4. The van der Waals surface area contributed by atoms with Crippen LogP contribution in [0.3, 0.4) is 0 Å². The molecule has 0 fully saturated rings. The third-order valence-electron chi connectivity index (χ3n) is 3.15. The number of carboxylic acids is 1. The molecule has 0 bridgehead atoms. The quantitative estimate of drug-likeness (QED) is 0.784. The molecule has 1 heterocycles. The summed E-state index contributed by atoms with van der Waals surface area (Å²) in [7, 11) is 1.62. The highest BCUT2D eigenvalue weighted by Gasteiger charge is 2.11. The van der Waals surface area contributed by atoms with Crippen molar-refractivity contribution in [1.29, 1.82) is 0 Å². The van der Waals surface area contributed by atoms with Crippen LogP contribution < -0.4 is 4.74 Å². The van der Waals surface area contributed by atoms with Gasteiger partial charge in [0.05, 0.1) is 7.11 Å². The molecule has 1 aromatic heterocycles. The zero-order chi connectivity index (χ0) is 14.1. The zero-order valence-corrected chi connectivity index (χ0v) is 10.8. The summed E-state index contributed by atoms with van der Waals surface area (Å²) in [5.74, 6) is -0.314. The average Bonchev–Trinajstić information content (AvgIpc) is 2.90. The maximum atomic E-state index is 10.9. The van der Waals surface area contributed by atoms with Crippen LogP contribution in [-0.4, -0.2) is 18.2 Å². The van der Waals surface area contributed by atoms with Crippen LogP contribution in [0, 0.1) is 0 Å². The number of benzene rings is 2. The number of furan rings is 1. The molecule has 0 unspecified atom stereocenters. The molecule has 1 N–H and O–H groups in total. The Hall–Kier alpha value is -2.75. The third-order valence-corrected chi connectivity index (χ3v) is 3.15. The molecule has 2 aromatic carbocycles. The number of hydrogen-bond acceptors (Lipinski definition) is 3. The highest BCUT2D eigenvalue weighted by molar-refractivity contribution is 5.93. The van der Waals surface area contributed by atoms with E-state index in [1.54, 1.807) is 13.2 Å². The number of ether oxygens (including phenoxy) is 1. The van der Waals surface area contributed by atoms with E-state index in [0.29, 0.717) is 5.58 Å². The lowest BCUT2D eigenvalue weighted by molar-refractivity contribution is 0.0665. The van der Waals surface area contributed by atoms with Crippen LogP contribution in [0.4, 0.5) is 0 Å². The molecule has 4 nitrogen and oxygen atoms in total. The van der Waals surface area contributed by atoms with Crippen LogP contribution in [0.25, 0.3) is 22.1 Å². The minimum atomic E-state index is -1.06. The Morgan fingerprint density at radius 3 is 2.40 bits per heavy atom. The Labute approximate surface area is 115 Å². The van der Waals surface area contributed by atoms with E-state index in [-0.39, 0.29) is 5.76 Å². The van der Waals surface area contributed by atoms with Crippen LogP contribution in [-0.2, 0) is 0 Å². The van der Waals surface area contributed by atoms with Crippen molar-refractivity contribution >= 4 is 16.9 Å². The Morgan fingerprint density at radius 2 is 1.75 bits per heavy atom. The molecule has 0 aliphatic carbocycles. The van der Waals surface area contributed by atoms with Crippen molar-refractivity contribution in [3.8, 4) is 16.9 Å². The number of carbonyl (C=O) groups is 1. The van der Waals surface area contributed by atoms with Crippen molar-refractivity contribution in [2.75, 3.05) is 7.11 Å². The second-order valence-electron chi connectivity index (χ2n) is 4.40. The van der Waals surface area contributed by atoms with E-state index in [2.05, 4.69) is 0 Å². The Bertz CT molecular complexity index is 769. The van der Waals surface area contributed by atoms with E-state index in [4.69, 9.17) is 14.3 Å². The summed E-state index contributed by atoms with van der Waals surface area (Å²) in [6.07, 6.45) is 0. The first-order valence-electron chi connectivity index (χ1n) is 6.09. The van der Waals surface area contributed by atoms with Gasteiger partial charge in [-0.15, -0.1) is 0 Å². The van der Waals surface area contributed by atoms with Gasteiger partial charge in [-0.1, -0.05) is 18.2 Å². The van der Waals surface area contributed by atoms with Gasteiger partial charge in [0, 0.05) is 5.39 Å². The van der Waals surface area contributed by atoms with Crippen molar-refractivity contribution in [2.45, 2.75) is 0 Å². The topological polar surface area (TPSA) is 59.7 Å². The number of rotatable bonds is 3. The Morgan fingerprint density at radius 1 is 1.05 bits per heavy atom. The second-order valence-corrected chi connectivity index (χ2v) is 4.40. The molecule has 0 aliphatic rings. The predicted octanol–water partition coefficient (Wildman–Crippen LogP) is 3.81. The standard InChI is InChI=1S/C16H12O4/c1-19-13-5-2-10(3-6-13)11-4-7-14-12(8-11)9-15(20-14)16(17)18/h2-9H,1H3,(H,17,18). The number of fused-ring (bicyclic) bond motifs is 1. The van der Waals surface area contributed by atoms with E-state index < -0.39 is 5.97 Å². The molecule has 100 valence electrons. The van der Waals surface area contributed by atoms with Crippen molar-refractivity contribution in [3.63, 3.8) is 0 Å². The fourth-order valence-corrected chi connectivity index (χ4v) is 2.11. The average molecular weight is 268 g/mol. The van der Waals surface area contributed by atoms with Crippen molar-refractivity contribution in [3.05, 3.63) is 54.3 Å². The van der Waals surface area contributed by atoms with E-state index in [9.17, 15) is 4.79 Å². The zero-order valence-electron chi connectivity index (χ0n) is 10.8. The summed E-state index contributed by atoms with van der Waals surface area (Å²) in [5, 5.41) is 9.70. The number of methoxy groups -OCH3 is 1. The minimum Gasteiger partial charge on any atom is -0.497 e. The van der Waals surface area contributed by atoms with Gasteiger partial charge in [-0.2, -0.15) is 0 Å². The third kappa shape index (κ3) is 2.12. The van der Waals surface area contributed by atoms with Crippen LogP contribution in [0.15, 0.2) is 52.9 Å². The Kier molecular flexibility index (Phi) is 2.91. The summed E-state index contributed by atoms with van der Waals surface area (Å²) in [4.78, 5) is 10.9. The summed E-state index contributed by atoms with van der Waals surface area (Å²) in [6.45, 7) is 0. The van der Waals surface area contributed by atoms with Crippen molar-refractivity contribution in [1.82, 2.24) is 0 Å². The van der Waals surface area contributed by atoms with Crippen LogP contribution >= 0.6 is 0 Å². The van der Waals surface area contributed by atoms with E-state index >= 15 is 0 Å². The first kappa shape index (κ1) is 12.3. The largest absolute Gasteiger partial charge is 0.497 e. The summed E-state index contributed by atoms with van der Waals surface area (Å²) < 4.78 is 10.4. The van der Waals surface area contributed by atoms with Gasteiger partial charge < -0.3 is 14.3 Å². The first-order valence-corrected chi connectivity index (χ1v) is 6.09. The fourth-order valence-electron chi connectivity index (χ4n) is 2.11. The van der Waals surface area contributed by atoms with Gasteiger partial charge in [0.15, 0.2) is 0 Å². The molecule has 0 spiro atoms. The summed E-state index contributed by atoms with van der Waals surface area (Å²) in [5.41, 5.74) is 2.60. The molecule has 0 atom stereocenters. The number of aromatic carboxylic acids is 1. The summed E-state index contributed by atoms with van der Waals surface area (Å²) >= 11 is 0.